The fourth-order valence-corrected chi connectivity index (χ4v) is 2.63. The largest absolute Gasteiger partial charge is 0.478 e. The van der Waals surface area contributed by atoms with Gasteiger partial charge >= 0.3 is 0 Å². The van der Waals surface area contributed by atoms with E-state index < -0.39 is 17.5 Å². The van der Waals surface area contributed by atoms with Crippen LogP contribution in [0, 0.1) is 5.82 Å². The van der Waals surface area contributed by atoms with Gasteiger partial charge in [-0.2, -0.15) is 0 Å². The molecule has 0 saturated carbocycles. The average molecular weight is 426 g/mol. The number of pyridine rings is 1. The molecule has 0 bridgehead atoms. The molecule has 1 aromatic heterocycles. The topological polar surface area (TPSA) is 72.8 Å². The van der Waals surface area contributed by atoms with E-state index in [1.807, 2.05) is 0 Å². The molecule has 2 rings (SSSR count). The van der Waals surface area contributed by atoms with Gasteiger partial charge in [0.15, 0.2) is 17.7 Å². The van der Waals surface area contributed by atoms with Crippen molar-refractivity contribution in [3.63, 3.8) is 0 Å². The molecule has 26 heavy (non-hydrogen) atoms. The van der Waals surface area contributed by atoms with Gasteiger partial charge < -0.3 is 14.9 Å². The summed E-state index contributed by atoms with van der Waals surface area (Å²) >= 11 is 3.33. The summed E-state index contributed by atoms with van der Waals surface area (Å²) in [4.78, 5) is 21.3. The van der Waals surface area contributed by atoms with E-state index in [9.17, 15) is 9.18 Å². The summed E-state index contributed by atoms with van der Waals surface area (Å²) in [5.41, 5.74) is -0.229. The molecule has 6 nitrogen and oxygen atoms in total. The van der Waals surface area contributed by atoms with E-state index >= 15 is 0 Å². The maximum Gasteiger partial charge on any atom is 0.261 e. The molecule has 1 heterocycles. The first-order valence-corrected chi connectivity index (χ1v) is 8.86. The van der Waals surface area contributed by atoms with Crippen LogP contribution in [0.15, 0.2) is 34.0 Å². The molecule has 0 saturated heterocycles. The smallest absolute Gasteiger partial charge is 0.261 e. The summed E-state index contributed by atoms with van der Waals surface area (Å²) in [6.45, 7) is 5.32. The lowest BCUT2D eigenvalue weighted by molar-refractivity contribution is -0.129. The van der Waals surface area contributed by atoms with Gasteiger partial charge in [-0.1, -0.05) is 12.1 Å². The molecular formula is C18H21BrFN3O3. The number of hydrogen-bond acceptors (Lipinski definition) is 5. The number of hydrogen-bond donors (Lipinski definition) is 1. The van der Waals surface area contributed by atoms with Gasteiger partial charge in [-0.3, -0.25) is 9.78 Å². The molecule has 0 fully saturated rings. The van der Waals surface area contributed by atoms with Crippen LogP contribution in [0.1, 0.15) is 27.2 Å². The fraction of sp³-hybridized carbons (Fsp3) is 0.389. The third kappa shape index (κ3) is 5.14. The van der Waals surface area contributed by atoms with Crippen molar-refractivity contribution >= 4 is 39.0 Å². The van der Waals surface area contributed by atoms with Gasteiger partial charge in [-0.05, 0) is 48.3 Å². The number of fused-ring (bicyclic) bond motifs is 1. The minimum Gasteiger partial charge on any atom is -0.478 e. The third-order valence-electron chi connectivity index (χ3n) is 3.56. The van der Waals surface area contributed by atoms with Crippen LogP contribution in [0.3, 0.4) is 0 Å². The van der Waals surface area contributed by atoms with E-state index in [2.05, 4.69) is 36.2 Å². The maximum absolute atomic E-state index is 14.3. The molecule has 0 aliphatic rings. The molecule has 1 aromatic carbocycles. The average Bonchev–Trinajstić information content (AvgIpc) is 2.58. The zero-order valence-electron chi connectivity index (χ0n) is 15.0. The summed E-state index contributed by atoms with van der Waals surface area (Å²) in [5.74, 6) is -0.937. The Hall–Kier alpha value is -2.22. The van der Waals surface area contributed by atoms with E-state index in [0.717, 1.165) is 4.47 Å². The summed E-state index contributed by atoms with van der Waals surface area (Å²) in [6.07, 6.45) is 2.58. The predicted octanol–water partition coefficient (Wildman–Crippen LogP) is 3.82. The van der Waals surface area contributed by atoms with Crippen LogP contribution in [-0.4, -0.2) is 35.9 Å². The van der Waals surface area contributed by atoms with E-state index in [1.165, 1.54) is 25.5 Å². The molecule has 140 valence electrons. The highest BCUT2D eigenvalue weighted by Crippen LogP contribution is 2.27. The molecule has 0 radical (unpaired) electrons. The summed E-state index contributed by atoms with van der Waals surface area (Å²) in [6, 6.07) is 4.63. The van der Waals surface area contributed by atoms with E-state index in [1.54, 1.807) is 33.0 Å². The van der Waals surface area contributed by atoms with Gasteiger partial charge in [0.2, 0.25) is 0 Å². The molecule has 2 aromatic rings. The SMILES string of the molecule is CCC(Oc1cc2cc(Br)cnc2cc1F)C(=O)NC(C)(C)/C=N/OC. The van der Waals surface area contributed by atoms with Crippen LogP contribution < -0.4 is 10.1 Å². The van der Waals surface area contributed by atoms with E-state index in [4.69, 9.17) is 4.74 Å². The first kappa shape index (κ1) is 20.1. The van der Waals surface area contributed by atoms with Gasteiger partial charge in [0, 0.05) is 22.1 Å². The van der Waals surface area contributed by atoms with Gasteiger partial charge in [0.1, 0.15) is 7.11 Å². The van der Waals surface area contributed by atoms with Crippen LogP contribution >= 0.6 is 15.9 Å². The zero-order valence-corrected chi connectivity index (χ0v) is 16.6. The highest BCUT2D eigenvalue weighted by atomic mass is 79.9. The summed E-state index contributed by atoms with van der Waals surface area (Å²) in [5, 5.41) is 7.17. The number of oxime groups is 1. The first-order chi connectivity index (χ1) is 12.3. The van der Waals surface area contributed by atoms with Crippen molar-refractivity contribution in [3.8, 4) is 5.75 Å². The van der Waals surface area contributed by atoms with Crippen LogP contribution in [0.4, 0.5) is 4.39 Å². The van der Waals surface area contributed by atoms with Crippen molar-refractivity contribution in [2.24, 2.45) is 5.16 Å². The molecule has 1 N–H and O–H groups in total. The molecule has 1 atom stereocenters. The monoisotopic (exact) mass is 425 g/mol. The van der Waals surface area contributed by atoms with Crippen molar-refractivity contribution in [1.82, 2.24) is 10.3 Å². The molecule has 1 amide bonds. The predicted molar refractivity (Wildman–Crippen MR) is 102 cm³/mol. The van der Waals surface area contributed by atoms with Crippen molar-refractivity contribution in [2.75, 3.05) is 7.11 Å². The number of nitrogens with zero attached hydrogens (tertiary/aromatic N) is 2. The van der Waals surface area contributed by atoms with Crippen LogP contribution in [0.2, 0.25) is 0 Å². The second-order valence-corrected chi connectivity index (χ2v) is 7.19. The van der Waals surface area contributed by atoms with Crippen molar-refractivity contribution < 1.29 is 18.8 Å². The van der Waals surface area contributed by atoms with E-state index in [-0.39, 0.29) is 11.7 Å². The Morgan fingerprint density at radius 3 is 2.85 bits per heavy atom. The summed E-state index contributed by atoms with van der Waals surface area (Å²) < 4.78 is 20.8. The number of ether oxygens (including phenoxy) is 1. The highest BCUT2D eigenvalue weighted by Gasteiger charge is 2.26. The normalized spacial score (nSPS) is 13.0. The van der Waals surface area contributed by atoms with Crippen LogP contribution in [-0.2, 0) is 9.63 Å². The minimum absolute atomic E-state index is 0.00256. The van der Waals surface area contributed by atoms with Crippen LogP contribution in [0.5, 0.6) is 5.75 Å². The minimum atomic E-state index is -0.850. The van der Waals surface area contributed by atoms with Gasteiger partial charge in [-0.25, -0.2) is 4.39 Å². The summed E-state index contributed by atoms with van der Waals surface area (Å²) in [7, 11) is 1.42. The van der Waals surface area contributed by atoms with Crippen LogP contribution in [0.25, 0.3) is 10.9 Å². The second-order valence-electron chi connectivity index (χ2n) is 6.27. The number of rotatable bonds is 7. The lowest BCUT2D eigenvalue weighted by Crippen LogP contribution is -2.50. The quantitative estimate of drug-likeness (QED) is 0.540. The molecular weight excluding hydrogens is 405 g/mol. The Morgan fingerprint density at radius 2 is 2.19 bits per heavy atom. The molecule has 8 heteroatoms. The number of benzene rings is 1. The number of aromatic nitrogens is 1. The second kappa shape index (κ2) is 8.44. The number of halogens is 2. The molecule has 0 aliphatic carbocycles. The Labute approximate surface area is 159 Å². The van der Waals surface area contributed by atoms with Crippen molar-refractivity contribution in [3.05, 3.63) is 34.7 Å². The zero-order chi connectivity index (χ0) is 19.3. The highest BCUT2D eigenvalue weighted by molar-refractivity contribution is 9.10. The Kier molecular flexibility index (Phi) is 6.52. The molecule has 1 unspecified atom stereocenters. The number of amides is 1. The first-order valence-electron chi connectivity index (χ1n) is 8.07. The lowest BCUT2D eigenvalue weighted by atomic mass is 10.1. The standard InChI is InChI=1S/C18H21BrFN3O3/c1-5-15(17(24)23-18(2,3)10-22-25-4)26-16-7-11-6-12(19)9-21-14(11)8-13(16)20/h6-10,15H,5H2,1-4H3,(H,23,24)/b22-10+. The number of nitrogens with one attached hydrogen (secondary N) is 1. The molecule has 0 spiro atoms. The third-order valence-corrected chi connectivity index (χ3v) is 3.99. The van der Waals surface area contributed by atoms with Crippen molar-refractivity contribution in [2.45, 2.75) is 38.8 Å². The van der Waals surface area contributed by atoms with Crippen molar-refractivity contribution in [1.29, 1.82) is 0 Å². The Balaban J connectivity index is 2.21. The van der Waals surface area contributed by atoms with Gasteiger partial charge in [-0.15, -0.1) is 0 Å². The van der Waals surface area contributed by atoms with Gasteiger partial charge in [0.05, 0.1) is 17.3 Å². The number of carbonyl (C=O) groups excluding carboxylic acids is 1. The number of carbonyl (C=O) groups is 1. The maximum atomic E-state index is 14.3. The van der Waals surface area contributed by atoms with E-state index in [0.29, 0.717) is 17.3 Å². The fourth-order valence-electron chi connectivity index (χ4n) is 2.28. The Bertz CT molecular complexity index is 827. The van der Waals surface area contributed by atoms with Gasteiger partial charge in [0.25, 0.3) is 5.91 Å². The Morgan fingerprint density at radius 1 is 1.46 bits per heavy atom. The molecule has 0 aliphatic heterocycles. The lowest BCUT2D eigenvalue weighted by Gasteiger charge is -2.25.